The molecule has 0 unspecified atom stereocenters. The number of nitrogens with one attached hydrogen (secondary N) is 2. The van der Waals surface area contributed by atoms with Crippen molar-refractivity contribution in [3.05, 3.63) is 33.9 Å². The Morgan fingerprint density at radius 1 is 1.22 bits per heavy atom. The summed E-state index contributed by atoms with van der Waals surface area (Å²) in [6.45, 7) is 2.33. The van der Waals surface area contributed by atoms with Crippen LogP contribution in [-0.4, -0.2) is 49.9 Å². The van der Waals surface area contributed by atoms with Gasteiger partial charge in [-0.3, -0.25) is 19.5 Å². The Balaban J connectivity index is 1.46. The Kier molecular flexibility index (Phi) is 4.72. The van der Waals surface area contributed by atoms with E-state index in [4.69, 9.17) is 0 Å². The van der Waals surface area contributed by atoms with Crippen LogP contribution in [0.25, 0.3) is 5.65 Å². The molecule has 8 heteroatoms. The third-order valence-corrected chi connectivity index (χ3v) is 5.77. The summed E-state index contributed by atoms with van der Waals surface area (Å²) in [5.41, 5.74) is 1.23. The first-order valence-corrected chi connectivity index (χ1v) is 9.70. The van der Waals surface area contributed by atoms with E-state index < -0.39 is 0 Å². The third-order valence-electron chi connectivity index (χ3n) is 5.77. The van der Waals surface area contributed by atoms with E-state index in [0.717, 1.165) is 12.8 Å². The van der Waals surface area contributed by atoms with Gasteiger partial charge in [-0.25, -0.2) is 9.50 Å². The van der Waals surface area contributed by atoms with E-state index in [-0.39, 0.29) is 23.4 Å². The molecule has 2 aromatic rings. The molecule has 2 N–H and O–H groups in total. The Morgan fingerprint density at radius 3 is 2.70 bits per heavy atom. The highest BCUT2D eigenvalue weighted by atomic mass is 16.2. The molecule has 1 aliphatic carbocycles. The van der Waals surface area contributed by atoms with E-state index in [9.17, 15) is 14.4 Å². The number of fused-ring (bicyclic) bond motifs is 1. The lowest BCUT2D eigenvalue weighted by Crippen LogP contribution is -2.40. The smallest absolute Gasteiger partial charge is 0.266 e. The summed E-state index contributed by atoms with van der Waals surface area (Å²) in [6.07, 6.45) is 8.78. The highest BCUT2D eigenvalue weighted by molar-refractivity contribution is 5.96. The van der Waals surface area contributed by atoms with Crippen LogP contribution in [0.4, 0.5) is 0 Å². The highest BCUT2D eigenvalue weighted by Gasteiger charge is 2.35. The molecule has 2 aromatic heterocycles. The lowest BCUT2D eigenvalue weighted by molar-refractivity contribution is -0.129. The maximum absolute atomic E-state index is 12.7. The number of hydrogen-bond acceptors (Lipinski definition) is 4. The van der Waals surface area contributed by atoms with Crippen LogP contribution in [0.2, 0.25) is 0 Å². The van der Waals surface area contributed by atoms with Crippen molar-refractivity contribution in [2.75, 3.05) is 6.54 Å². The second-order valence-corrected chi connectivity index (χ2v) is 7.64. The van der Waals surface area contributed by atoms with Crippen molar-refractivity contribution in [3.8, 4) is 0 Å². The molecular weight excluding hydrogens is 346 g/mol. The van der Waals surface area contributed by atoms with Crippen molar-refractivity contribution in [1.82, 2.24) is 24.8 Å². The summed E-state index contributed by atoms with van der Waals surface area (Å²) >= 11 is 0. The third kappa shape index (κ3) is 3.48. The summed E-state index contributed by atoms with van der Waals surface area (Å²) in [4.78, 5) is 42.8. The van der Waals surface area contributed by atoms with E-state index >= 15 is 0 Å². The Labute approximate surface area is 156 Å². The van der Waals surface area contributed by atoms with Crippen molar-refractivity contribution in [2.24, 2.45) is 0 Å². The molecular formula is C19H25N5O3. The van der Waals surface area contributed by atoms with Crippen molar-refractivity contribution < 1.29 is 9.59 Å². The predicted molar refractivity (Wildman–Crippen MR) is 99.6 cm³/mol. The molecule has 0 bridgehead atoms. The molecule has 2 fully saturated rings. The zero-order valence-electron chi connectivity index (χ0n) is 15.5. The minimum Gasteiger partial charge on any atom is -0.347 e. The average Bonchev–Trinajstić information content (AvgIpc) is 3.06. The second kappa shape index (κ2) is 7.17. The van der Waals surface area contributed by atoms with Gasteiger partial charge in [-0.15, -0.1) is 0 Å². The number of aryl methyl sites for hydroxylation is 1. The van der Waals surface area contributed by atoms with Gasteiger partial charge >= 0.3 is 0 Å². The van der Waals surface area contributed by atoms with Crippen LogP contribution >= 0.6 is 0 Å². The number of likely N-dealkylation sites (tertiary alicyclic amines) is 1. The van der Waals surface area contributed by atoms with Gasteiger partial charge in [-0.05, 0) is 19.8 Å². The normalized spacial score (nSPS) is 21.6. The fraction of sp³-hybridized carbons (Fsp3) is 0.579. The van der Waals surface area contributed by atoms with E-state index in [1.54, 1.807) is 6.92 Å². The Hall–Kier alpha value is -2.64. The van der Waals surface area contributed by atoms with Crippen LogP contribution in [0.5, 0.6) is 0 Å². The summed E-state index contributed by atoms with van der Waals surface area (Å²) in [5.74, 6) is -0.135. The van der Waals surface area contributed by atoms with Crippen molar-refractivity contribution >= 4 is 17.5 Å². The van der Waals surface area contributed by atoms with Gasteiger partial charge < -0.3 is 10.2 Å². The van der Waals surface area contributed by atoms with Gasteiger partial charge in [0, 0.05) is 31.3 Å². The first-order chi connectivity index (χ1) is 13.0. The number of carbonyl (C=O) groups excluding carboxylic acids is 2. The number of aromatic nitrogens is 3. The van der Waals surface area contributed by atoms with Gasteiger partial charge in [0.15, 0.2) is 5.65 Å². The minimum absolute atomic E-state index is 0.132. The second-order valence-electron chi connectivity index (χ2n) is 7.64. The van der Waals surface area contributed by atoms with Crippen LogP contribution in [0.1, 0.15) is 61.0 Å². The molecule has 1 saturated carbocycles. The van der Waals surface area contributed by atoms with Gasteiger partial charge in [-0.2, -0.15) is 0 Å². The average molecular weight is 371 g/mol. The Morgan fingerprint density at radius 2 is 1.96 bits per heavy atom. The topological polar surface area (TPSA) is 99.6 Å². The van der Waals surface area contributed by atoms with Crippen LogP contribution in [-0.2, 0) is 4.79 Å². The number of amides is 2. The number of carbonyl (C=O) groups is 2. The van der Waals surface area contributed by atoms with Crippen LogP contribution < -0.4 is 10.9 Å². The summed E-state index contributed by atoms with van der Waals surface area (Å²) in [5, 5.41) is 5.61. The molecule has 144 valence electrons. The minimum atomic E-state index is -0.267. The van der Waals surface area contributed by atoms with Crippen LogP contribution in [0, 0.1) is 6.92 Å². The van der Waals surface area contributed by atoms with Gasteiger partial charge in [0.25, 0.3) is 11.5 Å². The fourth-order valence-corrected chi connectivity index (χ4v) is 4.31. The lowest BCUT2D eigenvalue weighted by atomic mass is 10.1. The number of H-pyrrole nitrogens is 1. The number of rotatable bonds is 3. The van der Waals surface area contributed by atoms with Gasteiger partial charge in [0.05, 0.1) is 17.3 Å². The van der Waals surface area contributed by atoms with Crippen LogP contribution in [0.15, 0.2) is 17.1 Å². The van der Waals surface area contributed by atoms with Crippen molar-refractivity contribution in [1.29, 1.82) is 0 Å². The number of nitrogens with zero attached hydrogens (tertiary/aromatic N) is 3. The molecule has 3 heterocycles. The van der Waals surface area contributed by atoms with Gasteiger partial charge in [-0.1, -0.05) is 25.7 Å². The maximum Gasteiger partial charge on any atom is 0.266 e. The van der Waals surface area contributed by atoms with E-state index in [1.807, 2.05) is 4.90 Å². The molecule has 2 amide bonds. The molecule has 8 nitrogen and oxygen atoms in total. The molecule has 0 spiro atoms. The molecule has 0 aromatic carbocycles. The van der Waals surface area contributed by atoms with Crippen LogP contribution in [0.3, 0.4) is 0 Å². The summed E-state index contributed by atoms with van der Waals surface area (Å²) in [6, 6.07) is 1.51. The van der Waals surface area contributed by atoms with E-state index in [2.05, 4.69) is 15.4 Å². The summed E-state index contributed by atoms with van der Waals surface area (Å²) < 4.78 is 1.51. The van der Waals surface area contributed by atoms with Crippen molar-refractivity contribution in [3.63, 3.8) is 0 Å². The quantitative estimate of drug-likeness (QED) is 0.796. The number of aromatic amines is 1. The van der Waals surface area contributed by atoms with E-state index in [0.29, 0.717) is 35.9 Å². The summed E-state index contributed by atoms with van der Waals surface area (Å²) in [7, 11) is 0. The molecule has 27 heavy (non-hydrogen) atoms. The zero-order chi connectivity index (χ0) is 19.0. The SMILES string of the molecule is Cc1c(C(=O)N[C@@H]2CC(=O)N(C3CCCCCC3)C2)cnc2cc(=O)[nH]n12. The van der Waals surface area contributed by atoms with E-state index in [1.165, 1.54) is 42.5 Å². The Bertz CT molecular complexity index is 923. The molecule has 1 aliphatic heterocycles. The van der Waals surface area contributed by atoms with Gasteiger partial charge in [0.1, 0.15) is 0 Å². The largest absolute Gasteiger partial charge is 0.347 e. The fourth-order valence-electron chi connectivity index (χ4n) is 4.31. The predicted octanol–water partition coefficient (Wildman–Crippen LogP) is 1.38. The number of hydrogen-bond donors (Lipinski definition) is 2. The first-order valence-electron chi connectivity index (χ1n) is 9.70. The first kappa shape index (κ1) is 17.8. The molecule has 0 radical (unpaired) electrons. The molecule has 1 atom stereocenters. The molecule has 1 saturated heterocycles. The van der Waals surface area contributed by atoms with Crippen molar-refractivity contribution in [2.45, 2.75) is 64.0 Å². The molecule has 2 aliphatic rings. The van der Waals surface area contributed by atoms with Gasteiger partial charge in [0.2, 0.25) is 5.91 Å². The molecule has 4 rings (SSSR count). The zero-order valence-corrected chi connectivity index (χ0v) is 15.5. The lowest BCUT2D eigenvalue weighted by Gasteiger charge is -2.27. The highest BCUT2D eigenvalue weighted by Crippen LogP contribution is 2.26. The maximum atomic E-state index is 12.7. The monoisotopic (exact) mass is 371 g/mol. The standard InChI is InChI=1S/C19H25N5O3/c1-12-15(10-20-16-9-17(25)22-24(12)16)19(27)21-13-8-18(26)23(11-13)14-6-4-2-3-5-7-14/h9-10,13-14H,2-8,11H2,1H3,(H,21,27)(H,22,25)/t13-/m1/s1.